The molecule has 0 radical (unpaired) electrons. The second-order valence-corrected chi connectivity index (χ2v) is 13.3. The molecule has 57 heavy (non-hydrogen) atoms. The Labute approximate surface area is 306 Å². The number of alkyl halides is 17. The summed E-state index contributed by atoms with van der Waals surface area (Å²) < 4.78 is 253. The van der Waals surface area contributed by atoms with Crippen molar-refractivity contribution >= 4 is 34.1 Å². The van der Waals surface area contributed by atoms with Gasteiger partial charge in [0.2, 0.25) is 0 Å². The van der Waals surface area contributed by atoms with Crippen LogP contribution in [0.4, 0.5) is 84.2 Å². The van der Waals surface area contributed by atoms with Crippen LogP contribution in [0.3, 0.4) is 0 Å². The summed E-state index contributed by atoms with van der Waals surface area (Å²) in [6.07, 6.45) is -9.70. The molecule has 31 heteroatoms. The molecule has 0 unspecified atom stereocenters. The van der Waals surface area contributed by atoms with E-state index in [1.54, 1.807) is 24.3 Å². The molecule has 1 aromatic rings. The van der Waals surface area contributed by atoms with Gasteiger partial charge in [-0.05, 0) is 5.56 Å². The molecule has 1 fully saturated rings. The molecule has 0 atom stereocenters. The first-order valence-electron chi connectivity index (χ1n) is 14.5. The first kappa shape index (κ1) is 50.4. The number of urea groups is 1. The highest BCUT2D eigenvalue weighted by Crippen LogP contribution is 2.64. The lowest BCUT2D eigenvalue weighted by Gasteiger charge is -2.43. The molecule has 0 spiro atoms. The smallest absolute Gasteiger partial charge is 0.460 e. The zero-order chi connectivity index (χ0) is 45.0. The van der Waals surface area contributed by atoms with E-state index in [2.05, 4.69) is 5.32 Å². The van der Waals surface area contributed by atoms with Crippen molar-refractivity contribution in [3.63, 3.8) is 0 Å². The van der Waals surface area contributed by atoms with Crippen LogP contribution in [-0.2, 0) is 31.0 Å². The van der Waals surface area contributed by atoms with Gasteiger partial charge in [0.15, 0.2) is 0 Å². The van der Waals surface area contributed by atoms with Gasteiger partial charge in [-0.2, -0.15) is 78.9 Å². The van der Waals surface area contributed by atoms with E-state index in [9.17, 15) is 102 Å². The molecule has 1 aliphatic rings. The number of halogens is 17. The van der Waals surface area contributed by atoms with Gasteiger partial charge < -0.3 is 30.9 Å². The maximum Gasteiger partial charge on any atom is 0.460 e. The zero-order valence-corrected chi connectivity index (χ0v) is 28.3. The van der Waals surface area contributed by atoms with Crippen LogP contribution in [0.2, 0.25) is 0 Å². The fourth-order valence-corrected chi connectivity index (χ4v) is 5.57. The molecule has 1 heterocycles. The molecule has 3 amide bonds. The van der Waals surface area contributed by atoms with E-state index in [1.807, 2.05) is 6.07 Å². The maximum absolute atomic E-state index is 14.1. The van der Waals surface area contributed by atoms with Gasteiger partial charge in [0, 0.05) is 26.2 Å². The summed E-state index contributed by atoms with van der Waals surface area (Å²) in [5.74, 6) is -54.2. The van der Waals surface area contributed by atoms with E-state index in [0.717, 1.165) is 5.56 Å². The Balaban J connectivity index is 0.000000681. The molecule has 13 nitrogen and oxygen atoms in total. The van der Waals surface area contributed by atoms with Crippen LogP contribution >= 0.6 is 0 Å². The van der Waals surface area contributed by atoms with Crippen LogP contribution in [0, 0.1) is 0 Å². The number of benzene rings is 1. The number of rotatable bonds is 15. The number of carbonyl (C=O) groups excluding carboxylic acids is 2. The number of hydrogen-bond acceptors (Lipinski definition) is 7. The highest BCUT2D eigenvalue weighted by Gasteiger charge is 2.96. The third-order valence-electron chi connectivity index (χ3n) is 7.28. The minimum atomic E-state index is -8.88. The van der Waals surface area contributed by atoms with E-state index in [1.165, 1.54) is 0 Å². The van der Waals surface area contributed by atoms with E-state index >= 15 is 0 Å². The molecule has 0 bridgehead atoms. The third-order valence-corrected chi connectivity index (χ3v) is 9.23. The molecule has 1 aliphatic heterocycles. The number of carboxylic acid groups (broad SMARTS) is 2. The number of carboxylic acids is 2. The van der Waals surface area contributed by atoms with Gasteiger partial charge in [0.05, 0.1) is 18.9 Å². The summed E-state index contributed by atoms with van der Waals surface area (Å²) in [6.45, 7) is -4.91. The monoisotopic (exact) mass is 892 g/mol. The first-order chi connectivity index (χ1) is 25.4. The lowest BCUT2D eigenvalue weighted by atomic mass is 9.91. The van der Waals surface area contributed by atoms with E-state index < -0.39 is 130 Å². The van der Waals surface area contributed by atoms with Crippen molar-refractivity contribution < 1.29 is 117 Å². The standard InChI is InChI=1S/C13H10F17N3O3S.C13H15NO6/c14-6(15,8(18,19)10(22,23)12(26,27)28)7(16,17)9(20,21)11(24,25)13(29,30)37(35,36)33-3-1-32(2-4-33)5(31)34;15-11(16)6-10(7-12(17)18)14-13(19)20-8-9-4-2-1-3-5-9/h1-4H2,(H2,31,34);1-5,10H,6-8H2,(H,14,19)(H,15,16)(H,17,18). The Kier molecular flexibility index (Phi) is 15.1. The minimum absolute atomic E-state index is 0.0273. The third kappa shape index (κ3) is 9.94. The van der Waals surface area contributed by atoms with Crippen LogP contribution in [0.5, 0.6) is 0 Å². The highest BCUT2D eigenvalue weighted by atomic mass is 32.2. The Morgan fingerprint density at radius 1 is 0.667 bits per heavy atom. The largest absolute Gasteiger partial charge is 0.481 e. The summed E-state index contributed by atoms with van der Waals surface area (Å²) >= 11 is 0. The fourth-order valence-electron chi connectivity index (χ4n) is 4.15. The van der Waals surface area contributed by atoms with Crippen molar-refractivity contribution in [2.24, 2.45) is 5.73 Å². The van der Waals surface area contributed by atoms with E-state index in [4.69, 9.17) is 20.7 Å². The average Bonchev–Trinajstić information content (AvgIpc) is 3.06. The van der Waals surface area contributed by atoms with Gasteiger partial charge in [-0.25, -0.2) is 18.0 Å². The lowest BCUT2D eigenvalue weighted by molar-refractivity contribution is -0.458. The molecule has 1 saturated heterocycles. The van der Waals surface area contributed by atoms with Crippen LogP contribution in [0.15, 0.2) is 30.3 Å². The number of nitrogens with two attached hydrogens (primary N) is 1. The minimum Gasteiger partial charge on any atom is -0.481 e. The summed E-state index contributed by atoms with van der Waals surface area (Å²) in [7, 11) is -7.35. The summed E-state index contributed by atoms with van der Waals surface area (Å²) in [5.41, 5.74) is 5.50. The molecular formula is C26H25F17N4O9S. The van der Waals surface area contributed by atoms with Crippen LogP contribution in [0.25, 0.3) is 0 Å². The van der Waals surface area contributed by atoms with Crippen molar-refractivity contribution in [3.05, 3.63) is 35.9 Å². The number of primary amides is 1. The van der Waals surface area contributed by atoms with Crippen molar-refractivity contribution in [2.45, 2.75) is 72.5 Å². The van der Waals surface area contributed by atoms with Crippen molar-refractivity contribution in [1.29, 1.82) is 0 Å². The normalized spacial score (nSPS) is 15.7. The Bertz CT molecular complexity index is 1690. The van der Waals surface area contributed by atoms with Gasteiger partial charge >= 0.3 is 71.0 Å². The number of nitrogens with one attached hydrogen (secondary N) is 1. The average molecular weight is 893 g/mol. The summed E-state index contributed by atoms with van der Waals surface area (Å²) in [5, 5.41) is 11.9. The quantitative estimate of drug-likeness (QED) is 0.171. The second kappa shape index (κ2) is 17.1. The first-order valence-corrected chi connectivity index (χ1v) is 16.0. The molecule has 0 saturated carbocycles. The van der Waals surface area contributed by atoms with Crippen LogP contribution in [0.1, 0.15) is 18.4 Å². The molecular weight excluding hydrogens is 867 g/mol. The zero-order valence-electron chi connectivity index (χ0n) is 27.5. The van der Waals surface area contributed by atoms with Gasteiger partial charge in [0.25, 0.3) is 10.0 Å². The number of aliphatic carboxylic acids is 2. The van der Waals surface area contributed by atoms with Gasteiger partial charge in [-0.3, -0.25) is 9.59 Å². The highest BCUT2D eigenvalue weighted by molar-refractivity contribution is 7.90. The van der Waals surface area contributed by atoms with Crippen molar-refractivity contribution in [2.75, 3.05) is 26.2 Å². The van der Waals surface area contributed by atoms with Crippen LogP contribution < -0.4 is 11.1 Å². The number of hydrogen-bond donors (Lipinski definition) is 4. The Morgan fingerprint density at radius 3 is 1.42 bits per heavy atom. The number of piperazine rings is 1. The predicted octanol–water partition coefficient (Wildman–Crippen LogP) is 5.21. The number of ether oxygens (including phenoxy) is 1. The van der Waals surface area contributed by atoms with E-state index in [0.29, 0.717) is 4.90 Å². The summed E-state index contributed by atoms with van der Waals surface area (Å²) in [6, 6.07) is 6.56. The second-order valence-electron chi connectivity index (χ2n) is 11.3. The molecule has 2 rings (SSSR count). The van der Waals surface area contributed by atoms with Gasteiger partial charge in [-0.15, -0.1) is 0 Å². The van der Waals surface area contributed by atoms with Gasteiger partial charge in [-0.1, -0.05) is 30.3 Å². The van der Waals surface area contributed by atoms with Gasteiger partial charge in [0.1, 0.15) is 6.61 Å². The summed E-state index contributed by atoms with van der Waals surface area (Å²) in [4.78, 5) is 44.0. The lowest BCUT2D eigenvalue weighted by Crippen LogP contribution is -2.75. The SMILES string of the molecule is NC(=O)N1CCN(S(=O)(=O)C(F)(F)C(F)(F)C(F)(F)C(F)(F)C(F)(F)C(F)(F)C(F)(F)C(F)(F)F)CC1.O=C(O)CC(CC(=O)O)NC(=O)OCc1ccccc1. The van der Waals surface area contributed by atoms with Crippen molar-refractivity contribution in [3.8, 4) is 0 Å². The number of nitrogens with zero attached hydrogens (tertiary/aromatic N) is 2. The van der Waals surface area contributed by atoms with Crippen molar-refractivity contribution in [1.82, 2.24) is 14.5 Å². The number of alkyl carbamates (subject to hydrolysis) is 1. The topological polar surface area (TPSA) is 197 Å². The molecule has 1 aromatic carbocycles. The number of carbonyl (C=O) groups is 4. The Morgan fingerprint density at radius 2 is 1.05 bits per heavy atom. The fraction of sp³-hybridized carbons (Fsp3) is 0.615. The predicted molar refractivity (Wildman–Crippen MR) is 150 cm³/mol. The maximum atomic E-state index is 14.1. The molecule has 0 aliphatic carbocycles. The Hall–Kier alpha value is -4.58. The number of sulfonamides is 1. The van der Waals surface area contributed by atoms with Crippen LogP contribution in [-0.4, -0.2) is 131 Å². The van der Waals surface area contributed by atoms with E-state index in [-0.39, 0.29) is 6.61 Å². The number of amides is 3. The molecule has 5 N–H and O–H groups in total. The molecule has 328 valence electrons. The molecule has 0 aromatic heterocycles.